The van der Waals surface area contributed by atoms with Crippen LogP contribution in [0.5, 0.6) is 0 Å². The van der Waals surface area contributed by atoms with Crippen molar-refractivity contribution in [2.45, 2.75) is 38.3 Å². The number of rotatable bonds is 4. The predicted octanol–water partition coefficient (Wildman–Crippen LogP) is 5.50. The van der Waals surface area contributed by atoms with Crippen LogP contribution in [0.25, 0.3) is 0 Å². The number of hydrogen-bond acceptors (Lipinski definition) is 2. The third-order valence-electron chi connectivity index (χ3n) is 4.89. The highest BCUT2D eigenvalue weighted by Gasteiger charge is 2.34. The number of benzene rings is 2. The largest absolute Gasteiger partial charge is 0.355 e. The average molecular weight is 374 g/mol. The van der Waals surface area contributed by atoms with E-state index in [0.717, 1.165) is 23.9 Å². The average Bonchev–Trinajstić information content (AvgIpc) is 2.60. The summed E-state index contributed by atoms with van der Waals surface area (Å²) in [5.41, 5.74) is 2.47. The molecule has 0 saturated carbocycles. The van der Waals surface area contributed by atoms with Crippen LogP contribution in [0.3, 0.4) is 0 Å². The fourth-order valence-corrected chi connectivity index (χ4v) is 3.64. The van der Waals surface area contributed by atoms with E-state index in [1.54, 1.807) is 0 Å². The highest BCUT2D eigenvalue weighted by atomic mass is 79.9. The molecule has 122 valence electrons. The van der Waals surface area contributed by atoms with Crippen molar-refractivity contribution < 1.29 is 4.74 Å². The Morgan fingerprint density at radius 2 is 1.83 bits per heavy atom. The first-order valence-electron chi connectivity index (χ1n) is 8.31. The minimum atomic E-state index is -0.171. The molecular weight excluding hydrogens is 350 g/mol. The van der Waals surface area contributed by atoms with Gasteiger partial charge >= 0.3 is 0 Å². The van der Waals surface area contributed by atoms with Gasteiger partial charge in [0.25, 0.3) is 0 Å². The fourth-order valence-electron chi connectivity index (χ4n) is 3.37. The molecule has 0 aliphatic carbocycles. The summed E-state index contributed by atoms with van der Waals surface area (Å²) in [6.07, 6.45) is 2.11. The van der Waals surface area contributed by atoms with Gasteiger partial charge in [-0.15, -0.1) is 0 Å². The molecule has 1 aliphatic heterocycles. The maximum Gasteiger partial charge on any atom is 0.101 e. The summed E-state index contributed by atoms with van der Waals surface area (Å²) in [7, 11) is 0. The molecule has 0 N–H and O–H groups in total. The summed E-state index contributed by atoms with van der Waals surface area (Å²) < 4.78 is 7.44. The van der Waals surface area contributed by atoms with Crippen molar-refractivity contribution >= 4 is 15.9 Å². The van der Waals surface area contributed by atoms with Crippen LogP contribution in [0.1, 0.15) is 43.9 Å². The molecule has 0 amide bonds. The van der Waals surface area contributed by atoms with Gasteiger partial charge in [-0.25, -0.2) is 0 Å². The topological polar surface area (TPSA) is 12.5 Å². The lowest BCUT2D eigenvalue weighted by Gasteiger charge is -2.43. The number of ether oxygens (including phenoxy) is 1. The molecule has 2 aromatic rings. The highest BCUT2D eigenvalue weighted by molar-refractivity contribution is 9.10. The Bertz CT molecular complexity index is 618. The second kappa shape index (κ2) is 7.16. The summed E-state index contributed by atoms with van der Waals surface area (Å²) in [6.45, 7) is 6.19. The molecule has 3 heteroatoms. The maximum atomic E-state index is 6.31. The van der Waals surface area contributed by atoms with Crippen LogP contribution in [-0.2, 0) is 10.3 Å². The third-order valence-corrected chi connectivity index (χ3v) is 5.42. The van der Waals surface area contributed by atoms with E-state index in [1.807, 2.05) is 0 Å². The third kappa shape index (κ3) is 3.68. The van der Waals surface area contributed by atoms with Gasteiger partial charge < -0.3 is 4.74 Å². The van der Waals surface area contributed by atoms with Crippen LogP contribution in [0, 0.1) is 0 Å². The Kier molecular flexibility index (Phi) is 5.20. The molecular formula is C20H24BrNO. The summed E-state index contributed by atoms with van der Waals surface area (Å²) in [5.74, 6) is 0. The number of halogens is 1. The molecule has 0 bridgehead atoms. The normalized spacial score (nSPS) is 23.6. The van der Waals surface area contributed by atoms with Crippen molar-refractivity contribution in [2.75, 3.05) is 13.3 Å². The van der Waals surface area contributed by atoms with Crippen LogP contribution in [-0.4, -0.2) is 18.2 Å². The summed E-state index contributed by atoms with van der Waals surface area (Å²) in [6, 6.07) is 19.7. The summed E-state index contributed by atoms with van der Waals surface area (Å²) in [4.78, 5) is 2.45. The minimum absolute atomic E-state index is 0.171. The Labute approximate surface area is 147 Å². The maximum absolute atomic E-state index is 6.31. The first kappa shape index (κ1) is 16.7. The zero-order chi connectivity index (χ0) is 16.3. The molecule has 0 unspecified atom stereocenters. The lowest BCUT2D eigenvalue weighted by molar-refractivity contribution is -0.146. The van der Waals surface area contributed by atoms with Gasteiger partial charge in [0.1, 0.15) is 6.73 Å². The van der Waals surface area contributed by atoms with Crippen LogP contribution in [0.15, 0.2) is 59.1 Å². The van der Waals surface area contributed by atoms with Crippen molar-refractivity contribution in [3.63, 3.8) is 0 Å². The SMILES string of the molecule is CC[C@@H](c1ccc(Br)cc1)N1CC[C@](C)(c2ccccc2)OC1. The molecule has 0 radical (unpaired) electrons. The van der Waals surface area contributed by atoms with Gasteiger partial charge in [0.05, 0.1) is 5.60 Å². The van der Waals surface area contributed by atoms with E-state index in [1.165, 1.54) is 11.1 Å². The summed E-state index contributed by atoms with van der Waals surface area (Å²) in [5, 5.41) is 0. The smallest absolute Gasteiger partial charge is 0.101 e. The molecule has 1 aliphatic rings. The van der Waals surface area contributed by atoms with Gasteiger partial charge in [0.15, 0.2) is 0 Å². The van der Waals surface area contributed by atoms with Gasteiger partial charge in [-0.2, -0.15) is 0 Å². The van der Waals surface area contributed by atoms with Crippen LogP contribution < -0.4 is 0 Å². The Morgan fingerprint density at radius 1 is 1.13 bits per heavy atom. The fraction of sp³-hybridized carbons (Fsp3) is 0.400. The molecule has 1 heterocycles. The molecule has 2 aromatic carbocycles. The van der Waals surface area contributed by atoms with Gasteiger partial charge in [-0.3, -0.25) is 4.90 Å². The van der Waals surface area contributed by atoms with Crippen LogP contribution in [0.2, 0.25) is 0 Å². The second-order valence-corrected chi connectivity index (χ2v) is 7.32. The zero-order valence-electron chi connectivity index (χ0n) is 13.8. The molecule has 3 rings (SSSR count). The first-order valence-corrected chi connectivity index (χ1v) is 9.11. The molecule has 0 aromatic heterocycles. The van der Waals surface area contributed by atoms with E-state index < -0.39 is 0 Å². The van der Waals surface area contributed by atoms with Crippen molar-refractivity contribution in [3.8, 4) is 0 Å². The van der Waals surface area contributed by atoms with E-state index in [0.29, 0.717) is 12.8 Å². The highest BCUT2D eigenvalue weighted by Crippen LogP contribution is 2.36. The zero-order valence-corrected chi connectivity index (χ0v) is 15.4. The van der Waals surface area contributed by atoms with Gasteiger partial charge in [0, 0.05) is 17.1 Å². The molecule has 1 fully saturated rings. The predicted molar refractivity (Wildman–Crippen MR) is 98.2 cm³/mol. The second-order valence-electron chi connectivity index (χ2n) is 6.41. The van der Waals surface area contributed by atoms with E-state index in [-0.39, 0.29) is 5.60 Å². The lowest BCUT2D eigenvalue weighted by atomic mass is 9.90. The van der Waals surface area contributed by atoms with Gasteiger partial charge in [-0.1, -0.05) is 65.3 Å². The van der Waals surface area contributed by atoms with Gasteiger partial charge in [-0.05, 0) is 43.0 Å². The first-order chi connectivity index (χ1) is 11.1. The van der Waals surface area contributed by atoms with E-state index in [4.69, 9.17) is 4.74 Å². The van der Waals surface area contributed by atoms with Crippen LogP contribution in [0.4, 0.5) is 0 Å². The Balaban J connectivity index is 1.71. The van der Waals surface area contributed by atoms with E-state index in [2.05, 4.69) is 89.3 Å². The molecule has 23 heavy (non-hydrogen) atoms. The number of nitrogens with zero attached hydrogens (tertiary/aromatic N) is 1. The van der Waals surface area contributed by atoms with Gasteiger partial charge in [0.2, 0.25) is 0 Å². The Morgan fingerprint density at radius 3 is 2.39 bits per heavy atom. The Hall–Kier alpha value is -1.16. The van der Waals surface area contributed by atoms with Crippen molar-refractivity contribution in [3.05, 3.63) is 70.2 Å². The lowest BCUT2D eigenvalue weighted by Crippen LogP contribution is -2.44. The molecule has 1 saturated heterocycles. The molecule has 2 nitrogen and oxygen atoms in total. The van der Waals surface area contributed by atoms with Crippen molar-refractivity contribution in [1.82, 2.24) is 4.90 Å². The quantitative estimate of drug-likeness (QED) is 0.701. The van der Waals surface area contributed by atoms with E-state index in [9.17, 15) is 0 Å². The summed E-state index contributed by atoms with van der Waals surface area (Å²) >= 11 is 3.51. The number of hydrogen-bond donors (Lipinski definition) is 0. The molecule has 0 spiro atoms. The van der Waals surface area contributed by atoms with Crippen LogP contribution >= 0.6 is 15.9 Å². The van der Waals surface area contributed by atoms with Crippen molar-refractivity contribution in [1.29, 1.82) is 0 Å². The van der Waals surface area contributed by atoms with Crippen molar-refractivity contribution in [2.24, 2.45) is 0 Å². The minimum Gasteiger partial charge on any atom is -0.355 e. The monoisotopic (exact) mass is 373 g/mol. The standard InChI is InChI=1S/C20H24BrNO/c1-3-19(16-9-11-18(21)12-10-16)22-14-13-20(2,23-15-22)17-7-5-4-6-8-17/h4-12,19H,3,13-15H2,1-2H3/t19-,20+/m0/s1. The molecule has 2 atom stereocenters. The van der Waals surface area contributed by atoms with E-state index >= 15 is 0 Å².